The highest BCUT2D eigenvalue weighted by Gasteiger charge is 2.22. The van der Waals surface area contributed by atoms with E-state index in [0.717, 1.165) is 10.8 Å². The molecule has 0 saturated carbocycles. The molecule has 0 N–H and O–H groups in total. The lowest BCUT2D eigenvalue weighted by Crippen LogP contribution is -2.11. The van der Waals surface area contributed by atoms with Gasteiger partial charge in [0.15, 0.2) is 0 Å². The second kappa shape index (κ2) is 5.81. The van der Waals surface area contributed by atoms with E-state index in [-0.39, 0.29) is 0 Å². The van der Waals surface area contributed by atoms with Crippen molar-refractivity contribution < 1.29 is 14.1 Å². The Bertz CT molecular complexity index is 854. The van der Waals surface area contributed by atoms with Crippen LogP contribution in [-0.4, -0.2) is 11.1 Å². The number of rotatable bonds is 3. The van der Waals surface area contributed by atoms with E-state index in [1.165, 1.54) is 0 Å². The lowest BCUT2D eigenvalue weighted by Gasteiger charge is -2.09. The molecule has 0 radical (unpaired) electrons. The summed E-state index contributed by atoms with van der Waals surface area (Å²) < 4.78 is 10.6. The molecule has 0 saturated heterocycles. The van der Waals surface area contributed by atoms with Crippen LogP contribution in [0.1, 0.15) is 28.7 Å². The van der Waals surface area contributed by atoms with Crippen molar-refractivity contribution >= 4 is 28.3 Å². The van der Waals surface area contributed by atoms with Crippen LogP contribution >= 0.6 is 11.6 Å². The summed E-state index contributed by atoms with van der Waals surface area (Å²) >= 11 is 6.17. The predicted molar refractivity (Wildman–Crippen MR) is 84.5 cm³/mol. The molecule has 0 bridgehead atoms. The first-order valence-corrected chi connectivity index (χ1v) is 7.34. The number of ether oxygens (including phenoxy) is 1. The van der Waals surface area contributed by atoms with Crippen molar-refractivity contribution in [3.05, 3.63) is 58.4 Å². The van der Waals surface area contributed by atoms with Gasteiger partial charge in [0.25, 0.3) is 0 Å². The Balaban J connectivity index is 2.02. The van der Waals surface area contributed by atoms with Crippen molar-refractivity contribution in [3.63, 3.8) is 0 Å². The first-order chi connectivity index (χ1) is 10.6. The SMILES string of the molecule is CCc1noc(C)c1C(=O)Oc1ccc(Cl)c2ccccc12. The summed E-state index contributed by atoms with van der Waals surface area (Å²) in [6, 6.07) is 10.9. The molecule has 0 spiro atoms. The molecule has 3 rings (SSSR count). The Morgan fingerprint density at radius 1 is 1.23 bits per heavy atom. The first kappa shape index (κ1) is 14.6. The third kappa shape index (κ3) is 2.46. The van der Waals surface area contributed by atoms with E-state index in [1.807, 2.05) is 31.2 Å². The van der Waals surface area contributed by atoms with Crippen LogP contribution in [-0.2, 0) is 6.42 Å². The number of benzene rings is 2. The smallest absolute Gasteiger partial charge is 0.349 e. The van der Waals surface area contributed by atoms with Gasteiger partial charge in [-0.25, -0.2) is 4.79 Å². The highest BCUT2D eigenvalue weighted by molar-refractivity contribution is 6.35. The normalized spacial score (nSPS) is 10.9. The van der Waals surface area contributed by atoms with E-state index in [4.69, 9.17) is 20.9 Å². The number of carbonyl (C=O) groups excluding carboxylic acids is 1. The zero-order valence-corrected chi connectivity index (χ0v) is 13.0. The predicted octanol–water partition coefficient (Wildman–Crippen LogP) is 4.57. The molecule has 1 heterocycles. The number of hydrogen-bond acceptors (Lipinski definition) is 4. The van der Waals surface area contributed by atoms with Gasteiger partial charge >= 0.3 is 5.97 Å². The Kier molecular flexibility index (Phi) is 3.86. The fourth-order valence-corrected chi connectivity index (χ4v) is 2.62. The topological polar surface area (TPSA) is 52.3 Å². The number of carbonyl (C=O) groups is 1. The Hall–Kier alpha value is -2.33. The van der Waals surface area contributed by atoms with Crippen LogP contribution in [0.15, 0.2) is 40.9 Å². The molecule has 22 heavy (non-hydrogen) atoms. The number of halogens is 1. The van der Waals surface area contributed by atoms with E-state index in [0.29, 0.717) is 34.2 Å². The molecule has 5 heteroatoms. The van der Waals surface area contributed by atoms with Gasteiger partial charge in [-0.1, -0.05) is 47.9 Å². The van der Waals surface area contributed by atoms with E-state index >= 15 is 0 Å². The van der Waals surface area contributed by atoms with Gasteiger partial charge in [-0.2, -0.15) is 0 Å². The summed E-state index contributed by atoms with van der Waals surface area (Å²) in [7, 11) is 0. The van der Waals surface area contributed by atoms with Gasteiger partial charge in [0.2, 0.25) is 0 Å². The molecule has 112 valence electrons. The summed E-state index contributed by atoms with van der Waals surface area (Å²) in [5, 5.41) is 6.12. The third-order valence-electron chi connectivity index (χ3n) is 3.51. The molecule has 0 unspecified atom stereocenters. The van der Waals surface area contributed by atoms with E-state index in [9.17, 15) is 4.79 Å². The quantitative estimate of drug-likeness (QED) is 0.524. The van der Waals surface area contributed by atoms with Gasteiger partial charge in [-0.3, -0.25) is 0 Å². The van der Waals surface area contributed by atoms with Gasteiger partial charge in [0, 0.05) is 15.8 Å². The molecular formula is C17H14ClNO3. The second-order valence-electron chi connectivity index (χ2n) is 4.89. The number of hydrogen-bond donors (Lipinski definition) is 0. The minimum Gasteiger partial charge on any atom is -0.422 e. The zero-order valence-electron chi connectivity index (χ0n) is 12.2. The molecule has 0 amide bonds. The highest BCUT2D eigenvalue weighted by Crippen LogP contribution is 2.32. The number of nitrogens with zero attached hydrogens (tertiary/aromatic N) is 1. The minimum atomic E-state index is -0.469. The molecular weight excluding hydrogens is 302 g/mol. The standard InChI is InChI=1S/C17H14ClNO3/c1-3-14-16(10(2)22-19-14)17(20)21-15-9-8-13(18)11-6-4-5-7-12(11)15/h4-9H,3H2,1-2H3. The average Bonchev–Trinajstić information content (AvgIpc) is 2.91. The number of esters is 1. The Labute approximate surface area is 132 Å². The van der Waals surface area contributed by atoms with Gasteiger partial charge in [-0.15, -0.1) is 0 Å². The van der Waals surface area contributed by atoms with Crippen LogP contribution in [0.4, 0.5) is 0 Å². The number of fused-ring (bicyclic) bond motifs is 1. The van der Waals surface area contributed by atoms with Gasteiger partial charge in [-0.05, 0) is 25.5 Å². The highest BCUT2D eigenvalue weighted by atomic mass is 35.5. The van der Waals surface area contributed by atoms with Crippen molar-refractivity contribution in [3.8, 4) is 5.75 Å². The Morgan fingerprint density at radius 3 is 2.68 bits per heavy atom. The molecule has 4 nitrogen and oxygen atoms in total. The summed E-state index contributed by atoms with van der Waals surface area (Å²) in [5.74, 6) is 0.454. The molecule has 0 aliphatic rings. The van der Waals surface area contributed by atoms with Gasteiger partial charge in [0.1, 0.15) is 17.1 Å². The molecule has 0 aliphatic heterocycles. The summed E-state index contributed by atoms with van der Waals surface area (Å²) in [6.07, 6.45) is 0.600. The zero-order chi connectivity index (χ0) is 15.7. The van der Waals surface area contributed by atoms with Crippen molar-refractivity contribution in [1.82, 2.24) is 5.16 Å². The maximum Gasteiger partial charge on any atom is 0.349 e. The lowest BCUT2D eigenvalue weighted by atomic mass is 10.1. The van der Waals surface area contributed by atoms with Crippen LogP contribution in [0.5, 0.6) is 5.75 Å². The van der Waals surface area contributed by atoms with Crippen molar-refractivity contribution in [2.75, 3.05) is 0 Å². The average molecular weight is 316 g/mol. The van der Waals surface area contributed by atoms with E-state index in [1.54, 1.807) is 19.1 Å². The van der Waals surface area contributed by atoms with Gasteiger partial charge in [0.05, 0.1) is 5.69 Å². The number of aryl methyl sites for hydroxylation is 2. The number of aromatic nitrogens is 1. The van der Waals surface area contributed by atoms with Crippen LogP contribution in [0.2, 0.25) is 5.02 Å². The molecule has 1 aromatic heterocycles. The molecule has 0 atom stereocenters. The molecule has 3 aromatic rings. The Morgan fingerprint density at radius 2 is 1.95 bits per heavy atom. The van der Waals surface area contributed by atoms with Crippen molar-refractivity contribution in [2.45, 2.75) is 20.3 Å². The summed E-state index contributed by atoms with van der Waals surface area (Å²) in [5.41, 5.74) is 0.988. The van der Waals surface area contributed by atoms with Crippen LogP contribution in [0.25, 0.3) is 10.8 Å². The maximum absolute atomic E-state index is 12.4. The van der Waals surface area contributed by atoms with Crippen molar-refractivity contribution in [1.29, 1.82) is 0 Å². The summed E-state index contributed by atoms with van der Waals surface area (Å²) in [4.78, 5) is 12.4. The molecule has 0 fully saturated rings. The van der Waals surface area contributed by atoms with Crippen LogP contribution in [0.3, 0.4) is 0 Å². The fourth-order valence-electron chi connectivity index (χ4n) is 2.40. The maximum atomic E-state index is 12.4. The monoisotopic (exact) mass is 315 g/mol. The second-order valence-corrected chi connectivity index (χ2v) is 5.30. The summed E-state index contributed by atoms with van der Waals surface area (Å²) in [6.45, 7) is 3.61. The largest absolute Gasteiger partial charge is 0.422 e. The first-order valence-electron chi connectivity index (χ1n) is 6.96. The lowest BCUT2D eigenvalue weighted by molar-refractivity contribution is 0.0734. The fraction of sp³-hybridized carbons (Fsp3) is 0.176. The van der Waals surface area contributed by atoms with Crippen LogP contribution in [0, 0.1) is 6.92 Å². The minimum absolute atomic E-state index is 0.390. The van der Waals surface area contributed by atoms with Crippen LogP contribution < -0.4 is 4.74 Å². The van der Waals surface area contributed by atoms with Gasteiger partial charge < -0.3 is 9.26 Å². The van der Waals surface area contributed by atoms with Crippen molar-refractivity contribution in [2.24, 2.45) is 0 Å². The van der Waals surface area contributed by atoms with E-state index in [2.05, 4.69) is 5.16 Å². The molecule has 2 aromatic carbocycles. The third-order valence-corrected chi connectivity index (χ3v) is 3.84. The molecule has 0 aliphatic carbocycles. The van der Waals surface area contributed by atoms with E-state index < -0.39 is 5.97 Å².